The smallest absolute Gasteiger partial charge is 0.323 e. The molecule has 9 heavy (non-hydrogen) atoms. The van der Waals surface area contributed by atoms with Crippen LogP contribution >= 0.6 is 7.60 Å². The van der Waals surface area contributed by atoms with Gasteiger partial charge in [-0.25, -0.2) is 10.5 Å². The number of hydrogen-bond donors (Lipinski definition) is 2. The second kappa shape index (κ2) is 5.51. The van der Waals surface area contributed by atoms with E-state index in [9.17, 15) is 4.57 Å². The van der Waals surface area contributed by atoms with E-state index in [1.807, 2.05) is 0 Å². The van der Waals surface area contributed by atoms with Crippen LogP contribution in [-0.2, 0) is 28.7 Å². The number of nitrogens with two attached hydrogens (primary N) is 1. The van der Waals surface area contributed by atoms with Gasteiger partial charge in [-0.05, 0) is 6.42 Å². The van der Waals surface area contributed by atoms with E-state index in [-0.39, 0.29) is 25.6 Å². The summed E-state index contributed by atoms with van der Waals surface area (Å²) in [5.74, 6) is 4.48. The third-order valence-corrected chi connectivity index (χ3v) is 2.01. The molecule has 6 heteroatoms. The van der Waals surface area contributed by atoms with Gasteiger partial charge in [0, 0.05) is 19.5 Å². The average Bonchev–Trinajstić information content (AvgIpc) is 1.67. The van der Waals surface area contributed by atoms with E-state index in [1.54, 1.807) is 6.92 Å². The van der Waals surface area contributed by atoms with E-state index in [2.05, 4.69) is 10.5 Å². The summed E-state index contributed by atoms with van der Waals surface area (Å²) in [6, 6.07) is 0. The Labute approximate surface area is 67.0 Å². The molecule has 0 fully saturated rings. The standard InChI is InChI=1S/C3H10NO3P.Zn/c1-2-3-8(5,6)7-4;/h2-4H2,1H3,(H,5,6);. The molecule has 3 N–H and O–H groups in total. The minimum Gasteiger partial charge on any atom is -0.323 e. The summed E-state index contributed by atoms with van der Waals surface area (Å²) < 4.78 is 14.2. The zero-order chi connectivity index (χ0) is 6.62. The van der Waals surface area contributed by atoms with Crippen molar-refractivity contribution in [2.24, 2.45) is 5.90 Å². The van der Waals surface area contributed by atoms with Crippen LogP contribution in [0.15, 0.2) is 0 Å². The first-order valence-electron chi connectivity index (χ1n) is 2.32. The molecule has 1 atom stereocenters. The molecule has 0 amide bonds. The quantitative estimate of drug-likeness (QED) is 0.398. The van der Waals surface area contributed by atoms with Gasteiger partial charge in [-0.2, -0.15) is 0 Å². The topological polar surface area (TPSA) is 72.5 Å². The number of rotatable bonds is 3. The van der Waals surface area contributed by atoms with Crippen molar-refractivity contribution in [3.8, 4) is 0 Å². The second-order valence-electron chi connectivity index (χ2n) is 1.47. The Morgan fingerprint density at radius 2 is 2.22 bits per heavy atom. The molecule has 4 nitrogen and oxygen atoms in total. The van der Waals surface area contributed by atoms with E-state index in [0.717, 1.165) is 0 Å². The molecule has 0 saturated heterocycles. The van der Waals surface area contributed by atoms with Crippen molar-refractivity contribution in [2.75, 3.05) is 6.16 Å². The van der Waals surface area contributed by atoms with Crippen molar-refractivity contribution < 1.29 is 33.6 Å². The predicted octanol–water partition coefficient (Wildman–Crippen LogP) is 0.470. The molecule has 0 heterocycles. The molecule has 0 saturated carbocycles. The SMILES string of the molecule is CCCP(=O)(O)ON.[Zn]. The first-order valence-corrected chi connectivity index (χ1v) is 4.09. The van der Waals surface area contributed by atoms with Gasteiger partial charge in [-0.1, -0.05) is 6.92 Å². The van der Waals surface area contributed by atoms with E-state index in [0.29, 0.717) is 6.42 Å². The molecule has 0 spiro atoms. The minimum absolute atomic E-state index is 0. The summed E-state index contributed by atoms with van der Waals surface area (Å²) in [5, 5.41) is 0. The zero-order valence-electron chi connectivity index (χ0n) is 5.41. The van der Waals surface area contributed by atoms with Crippen molar-refractivity contribution in [1.29, 1.82) is 0 Å². The molecule has 0 aliphatic carbocycles. The third-order valence-electron chi connectivity index (χ3n) is 0.671. The second-order valence-corrected chi connectivity index (χ2v) is 3.40. The molecule has 0 aromatic rings. The normalized spacial score (nSPS) is 15.9. The Hall–Kier alpha value is 0.733. The van der Waals surface area contributed by atoms with Crippen LogP contribution in [-0.4, -0.2) is 11.1 Å². The molecule has 52 valence electrons. The van der Waals surface area contributed by atoms with Crippen LogP contribution in [0.5, 0.6) is 0 Å². The fraction of sp³-hybridized carbons (Fsp3) is 1.00. The van der Waals surface area contributed by atoms with Gasteiger partial charge in [0.2, 0.25) is 0 Å². The molecule has 0 aliphatic rings. The van der Waals surface area contributed by atoms with Crippen molar-refractivity contribution in [3.05, 3.63) is 0 Å². The molecular weight excluding hydrogens is 194 g/mol. The van der Waals surface area contributed by atoms with Gasteiger partial charge in [-0.3, -0.25) is 4.57 Å². The zero-order valence-corrected chi connectivity index (χ0v) is 9.27. The first kappa shape index (κ1) is 12.4. The summed E-state index contributed by atoms with van der Waals surface area (Å²) in [5.41, 5.74) is 0. The van der Waals surface area contributed by atoms with Crippen LogP contribution < -0.4 is 5.90 Å². The predicted molar refractivity (Wildman–Crippen MR) is 30.3 cm³/mol. The molecule has 0 aromatic carbocycles. The van der Waals surface area contributed by atoms with E-state index < -0.39 is 7.60 Å². The van der Waals surface area contributed by atoms with Crippen LogP contribution in [0.2, 0.25) is 0 Å². The summed E-state index contributed by atoms with van der Waals surface area (Å²) in [4.78, 5) is 8.53. The summed E-state index contributed by atoms with van der Waals surface area (Å²) in [7, 11) is -3.40. The Balaban J connectivity index is 0. The monoisotopic (exact) mass is 203 g/mol. The molecule has 0 radical (unpaired) electrons. The molecule has 0 aromatic heterocycles. The van der Waals surface area contributed by atoms with Gasteiger partial charge >= 0.3 is 7.60 Å². The van der Waals surface area contributed by atoms with Gasteiger partial charge in [0.1, 0.15) is 0 Å². The first-order chi connectivity index (χ1) is 3.62. The molecule has 0 rings (SSSR count). The van der Waals surface area contributed by atoms with E-state index in [4.69, 9.17) is 4.89 Å². The number of hydrogen-bond acceptors (Lipinski definition) is 3. The minimum atomic E-state index is -3.40. The van der Waals surface area contributed by atoms with Crippen LogP contribution in [0, 0.1) is 0 Å². The largest absolute Gasteiger partial charge is 0.344 e. The van der Waals surface area contributed by atoms with Crippen LogP contribution in [0.1, 0.15) is 13.3 Å². The van der Waals surface area contributed by atoms with Crippen LogP contribution in [0.3, 0.4) is 0 Å². The van der Waals surface area contributed by atoms with Crippen LogP contribution in [0.4, 0.5) is 0 Å². The maximum atomic E-state index is 10.4. The van der Waals surface area contributed by atoms with Crippen molar-refractivity contribution in [3.63, 3.8) is 0 Å². The Morgan fingerprint density at radius 3 is 2.33 bits per heavy atom. The van der Waals surface area contributed by atoms with Crippen molar-refractivity contribution in [1.82, 2.24) is 0 Å². The van der Waals surface area contributed by atoms with Gasteiger partial charge in [0.25, 0.3) is 0 Å². The van der Waals surface area contributed by atoms with Gasteiger partial charge in [0.05, 0.1) is 6.16 Å². The van der Waals surface area contributed by atoms with Crippen LogP contribution in [0.25, 0.3) is 0 Å². The van der Waals surface area contributed by atoms with E-state index in [1.165, 1.54) is 0 Å². The average molecular weight is 204 g/mol. The van der Waals surface area contributed by atoms with Gasteiger partial charge in [-0.15, -0.1) is 0 Å². The third kappa shape index (κ3) is 6.62. The van der Waals surface area contributed by atoms with E-state index >= 15 is 0 Å². The van der Waals surface area contributed by atoms with Crippen molar-refractivity contribution in [2.45, 2.75) is 13.3 Å². The van der Waals surface area contributed by atoms with Crippen molar-refractivity contribution >= 4 is 7.60 Å². The Morgan fingerprint density at radius 1 is 1.78 bits per heavy atom. The molecular formula is C3H10NO3PZn. The molecule has 0 aliphatic heterocycles. The maximum Gasteiger partial charge on any atom is 0.344 e. The summed E-state index contributed by atoms with van der Waals surface area (Å²) >= 11 is 0. The maximum absolute atomic E-state index is 10.4. The van der Waals surface area contributed by atoms with Gasteiger partial charge < -0.3 is 4.89 Å². The molecule has 0 bridgehead atoms. The fourth-order valence-electron chi connectivity index (χ4n) is 0.335. The Bertz CT molecular complexity index is 109. The fourth-order valence-corrected chi connectivity index (χ4v) is 1.01. The summed E-state index contributed by atoms with van der Waals surface area (Å²) in [6.07, 6.45) is 0.731. The molecule has 1 unspecified atom stereocenters. The Kier molecular flexibility index (Phi) is 7.60. The summed E-state index contributed by atoms with van der Waals surface area (Å²) in [6.45, 7) is 1.78. The van der Waals surface area contributed by atoms with Gasteiger partial charge in [0.15, 0.2) is 0 Å².